The minimum atomic E-state index is -1.29. The Bertz CT molecular complexity index is 461. The molecule has 4 N–H and O–H groups in total. The Morgan fingerprint density at radius 3 is 1.91 bits per heavy atom. The Balaban J connectivity index is 4.91. The summed E-state index contributed by atoms with van der Waals surface area (Å²) in [6, 6.07) is -2.02. The van der Waals surface area contributed by atoms with Crippen LogP contribution in [0.15, 0.2) is 0 Å². The smallest absolute Gasteiger partial charge is 0.326 e. The SMILES string of the molecule is CC(C)(C)N[C@H](CCC(=O)I)C(=O)N[C@H](CCC(=O)O)C(=O)O. The molecule has 0 saturated carbocycles. The van der Waals surface area contributed by atoms with E-state index < -0.39 is 35.5 Å². The van der Waals surface area contributed by atoms with Crippen molar-refractivity contribution < 1.29 is 29.4 Å². The van der Waals surface area contributed by atoms with Gasteiger partial charge < -0.3 is 20.8 Å². The van der Waals surface area contributed by atoms with Gasteiger partial charge in [0.05, 0.1) is 6.04 Å². The summed E-state index contributed by atoms with van der Waals surface area (Å²) in [7, 11) is 0. The highest BCUT2D eigenvalue weighted by Gasteiger charge is 2.28. The Labute approximate surface area is 148 Å². The van der Waals surface area contributed by atoms with Crippen molar-refractivity contribution in [1.29, 1.82) is 0 Å². The number of nitrogens with one attached hydrogen (secondary N) is 2. The van der Waals surface area contributed by atoms with Gasteiger partial charge in [0.2, 0.25) is 5.91 Å². The second kappa shape index (κ2) is 9.81. The number of carbonyl (C=O) groups is 4. The van der Waals surface area contributed by atoms with E-state index in [0.29, 0.717) is 0 Å². The molecule has 0 bridgehead atoms. The minimum Gasteiger partial charge on any atom is -0.481 e. The van der Waals surface area contributed by atoms with Gasteiger partial charge in [-0.1, -0.05) is 0 Å². The summed E-state index contributed by atoms with van der Waals surface area (Å²) >= 11 is 1.64. The van der Waals surface area contributed by atoms with E-state index in [0.717, 1.165) is 0 Å². The maximum atomic E-state index is 12.3. The van der Waals surface area contributed by atoms with E-state index in [1.165, 1.54) is 0 Å². The number of amides is 1. The second-order valence-electron chi connectivity index (χ2n) is 6.17. The summed E-state index contributed by atoms with van der Waals surface area (Å²) in [4.78, 5) is 45.1. The third-order valence-electron chi connectivity index (χ3n) is 2.81. The van der Waals surface area contributed by atoms with E-state index in [1.54, 1.807) is 22.6 Å². The predicted molar refractivity (Wildman–Crippen MR) is 91.4 cm³/mol. The van der Waals surface area contributed by atoms with Crippen LogP contribution in [0.5, 0.6) is 0 Å². The zero-order chi connectivity index (χ0) is 18.2. The lowest BCUT2D eigenvalue weighted by Gasteiger charge is -2.28. The molecular formula is C14H23IN2O6. The monoisotopic (exact) mass is 442 g/mol. The fourth-order valence-corrected chi connectivity index (χ4v) is 2.16. The van der Waals surface area contributed by atoms with Gasteiger partial charge in [0.1, 0.15) is 6.04 Å². The van der Waals surface area contributed by atoms with E-state index in [4.69, 9.17) is 10.2 Å². The molecule has 0 fully saturated rings. The molecule has 0 aromatic rings. The summed E-state index contributed by atoms with van der Waals surface area (Å²) < 4.78 is -0.100. The Kier molecular flexibility index (Phi) is 9.28. The average Bonchev–Trinajstić information content (AvgIpc) is 2.36. The number of halogens is 1. The van der Waals surface area contributed by atoms with Gasteiger partial charge in [-0.3, -0.25) is 14.4 Å². The van der Waals surface area contributed by atoms with Crippen LogP contribution in [-0.2, 0) is 19.2 Å². The number of aliphatic carboxylic acids is 2. The highest BCUT2D eigenvalue weighted by atomic mass is 127. The van der Waals surface area contributed by atoms with Crippen LogP contribution >= 0.6 is 22.6 Å². The third-order valence-corrected chi connectivity index (χ3v) is 3.35. The molecule has 0 spiro atoms. The average molecular weight is 442 g/mol. The van der Waals surface area contributed by atoms with E-state index in [1.807, 2.05) is 20.8 Å². The topological polar surface area (TPSA) is 133 Å². The lowest BCUT2D eigenvalue weighted by molar-refractivity contribution is -0.143. The summed E-state index contributed by atoms with van der Waals surface area (Å²) in [6.07, 6.45) is -0.157. The first-order valence-electron chi connectivity index (χ1n) is 7.13. The highest BCUT2D eigenvalue weighted by Crippen LogP contribution is 2.09. The van der Waals surface area contributed by atoms with Crippen molar-refractivity contribution in [1.82, 2.24) is 10.6 Å². The van der Waals surface area contributed by atoms with Gasteiger partial charge in [-0.05, 0) is 56.2 Å². The summed E-state index contributed by atoms with van der Waals surface area (Å²) in [5, 5.41) is 23.1. The quantitative estimate of drug-likeness (QED) is 0.292. The van der Waals surface area contributed by atoms with Gasteiger partial charge in [0, 0.05) is 18.4 Å². The summed E-state index contributed by atoms with van der Waals surface area (Å²) in [5.41, 5.74) is -0.407. The van der Waals surface area contributed by atoms with Crippen LogP contribution in [0.3, 0.4) is 0 Å². The van der Waals surface area contributed by atoms with Crippen LogP contribution in [0.2, 0.25) is 0 Å². The van der Waals surface area contributed by atoms with Gasteiger partial charge in [0.25, 0.3) is 0 Å². The molecule has 0 rings (SSSR count). The Hall–Kier alpha value is -1.23. The maximum absolute atomic E-state index is 12.3. The summed E-state index contributed by atoms with van der Waals surface area (Å²) in [5.74, 6) is -2.99. The zero-order valence-electron chi connectivity index (χ0n) is 13.4. The number of carboxylic acid groups (broad SMARTS) is 2. The predicted octanol–water partition coefficient (Wildman–Crippen LogP) is 0.919. The molecule has 0 aromatic carbocycles. The van der Waals surface area contributed by atoms with Gasteiger partial charge in [-0.25, -0.2) is 4.79 Å². The van der Waals surface area contributed by atoms with Crippen LogP contribution in [0.25, 0.3) is 0 Å². The fourth-order valence-electron chi connectivity index (χ4n) is 1.85. The fraction of sp³-hybridized carbons (Fsp3) is 0.714. The van der Waals surface area contributed by atoms with Crippen molar-refractivity contribution >= 4 is 44.2 Å². The van der Waals surface area contributed by atoms with Crippen molar-refractivity contribution in [3.05, 3.63) is 0 Å². The van der Waals surface area contributed by atoms with Crippen LogP contribution < -0.4 is 10.6 Å². The van der Waals surface area contributed by atoms with Gasteiger partial charge >= 0.3 is 11.9 Å². The van der Waals surface area contributed by atoms with Crippen molar-refractivity contribution in [2.75, 3.05) is 0 Å². The van der Waals surface area contributed by atoms with Crippen molar-refractivity contribution in [2.45, 2.75) is 64.1 Å². The van der Waals surface area contributed by atoms with Crippen LogP contribution in [0, 0.1) is 0 Å². The van der Waals surface area contributed by atoms with Gasteiger partial charge in [0.15, 0.2) is 3.79 Å². The number of carbonyl (C=O) groups excluding carboxylic acids is 2. The zero-order valence-corrected chi connectivity index (χ0v) is 15.5. The number of carboxylic acids is 2. The van der Waals surface area contributed by atoms with E-state index in [9.17, 15) is 19.2 Å². The van der Waals surface area contributed by atoms with E-state index in [2.05, 4.69) is 10.6 Å². The second-order valence-corrected chi connectivity index (χ2v) is 7.38. The molecule has 0 saturated heterocycles. The minimum absolute atomic E-state index is 0.100. The van der Waals surface area contributed by atoms with Gasteiger partial charge in [-0.15, -0.1) is 0 Å². The van der Waals surface area contributed by atoms with E-state index in [-0.39, 0.29) is 29.5 Å². The number of hydrogen-bond donors (Lipinski definition) is 4. The van der Waals surface area contributed by atoms with Crippen LogP contribution in [0.1, 0.15) is 46.5 Å². The molecule has 8 nitrogen and oxygen atoms in total. The van der Waals surface area contributed by atoms with Crippen molar-refractivity contribution in [2.24, 2.45) is 0 Å². The molecular weight excluding hydrogens is 419 g/mol. The molecule has 0 aromatic heterocycles. The molecule has 0 heterocycles. The largest absolute Gasteiger partial charge is 0.481 e. The molecule has 1 amide bonds. The van der Waals surface area contributed by atoms with Crippen LogP contribution in [-0.4, -0.2) is 49.5 Å². The standard InChI is InChI=1S/C14H23IN2O6/c1-14(2,3)17-8(4-6-10(15)18)12(21)16-9(13(22)23)5-7-11(19)20/h8-9,17H,4-7H2,1-3H3,(H,16,21)(H,19,20)(H,22,23)/t8-,9-/m1/s1. The maximum Gasteiger partial charge on any atom is 0.326 e. The first-order valence-corrected chi connectivity index (χ1v) is 8.21. The van der Waals surface area contributed by atoms with Crippen molar-refractivity contribution in [3.8, 4) is 0 Å². The molecule has 9 heteroatoms. The van der Waals surface area contributed by atoms with Gasteiger partial charge in [-0.2, -0.15) is 0 Å². The molecule has 0 unspecified atom stereocenters. The lowest BCUT2D eigenvalue weighted by Crippen LogP contribution is -2.54. The highest BCUT2D eigenvalue weighted by molar-refractivity contribution is 14.1. The van der Waals surface area contributed by atoms with Crippen LogP contribution in [0.4, 0.5) is 0 Å². The lowest BCUT2D eigenvalue weighted by atomic mass is 10.0. The summed E-state index contributed by atoms with van der Waals surface area (Å²) in [6.45, 7) is 5.54. The Morgan fingerprint density at radius 2 is 1.52 bits per heavy atom. The molecule has 23 heavy (non-hydrogen) atoms. The molecule has 0 radical (unpaired) electrons. The molecule has 132 valence electrons. The third kappa shape index (κ3) is 11.0. The Morgan fingerprint density at radius 1 is 1.00 bits per heavy atom. The van der Waals surface area contributed by atoms with Crippen molar-refractivity contribution in [3.63, 3.8) is 0 Å². The molecule has 0 aliphatic rings. The number of rotatable bonds is 10. The molecule has 0 aliphatic carbocycles. The molecule has 0 aliphatic heterocycles. The first kappa shape index (κ1) is 21.8. The molecule has 2 atom stereocenters. The number of hydrogen-bond acceptors (Lipinski definition) is 5. The normalized spacial score (nSPS) is 13.9. The van der Waals surface area contributed by atoms with E-state index >= 15 is 0 Å². The first-order chi connectivity index (χ1) is 10.4.